The number of aromatic nitrogens is 2. The van der Waals surface area contributed by atoms with Gasteiger partial charge in [-0.3, -0.25) is 0 Å². The second kappa shape index (κ2) is 10.9. The van der Waals surface area contributed by atoms with E-state index in [9.17, 15) is 0 Å². The van der Waals surface area contributed by atoms with E-state index in [1.807, 2.05) is 0 Å². The van der Waals surface area contributed by atoms with E-state index in [-0.39, 0.29) is 0 Å². The molecular formula is C49H32N2. The van der Waals surface area contributed by atoms with Crippen molar-refractivity contribution >= 4 is 43.6 Å². The highest BCUT2D eigenvalue weighted by atomic mass is 15.0. The van der Waals surface area contributed by atoms with E-state index in [2.05, 4.69) is 191 Å². The normalized spacial score (nSPS) is 12.2. The van der Waals surface area contributed by atoms with Gasteiger partial charge in [-0.25, -0.2) is 0 Å². The van der Waals surface area contributed by atoms with Gasteiger partial charge < -0.3 is 9.13 Å². The van der Waals surface area contributed by atoms with Gasteiger partial charge in [0.25, 0.3) is 0 Å². The fraction of sp³-hybridized carbons (Fsp3) is 0.0204. The highest BCUT2D eigenvalue weighted by molar-refractivity contribution is 6.12. The Balaban J connectivity index is 1.08. The molecule has 10 aromatic rings. The lowest BCUT2D eigenvalue weighted by Crippen LogP contribution is -1.95. The molecule has 0 bridgehead atoms. The van der Waals surface area contributed by atoms with Crippen molar-refractivity contribution in [2.24, 2.45) is 0 Å². The van der Waals surface area contributed by atoms with E-state index < -0.39 is 0 Å². The number of benzene rings is 8. The first-order chi connectivity index (χ1) is 25.3. The number of nitrogens with zero attached hydrogens (tertiary/aromatic N) is 2. The molecule has 1 aliphatic rings. The van der Waals surface area contributed by atoms with Crippen LogP contribution in [0.4, 0.5) is 0 Å². The molecule has 2 heterocycles. The van der Waals surface area contributed by atoms with Crippen LogP contribution in [0.1, 0.15) is 11.1 Å². The Bertz CT molecular complexity index is 2990. The van der Waals surface area contributed by atoms with Gasteiger partial charge in [-0.1, -0.05) is 127 Å². The molecule has 2 aromatic heterocycles. The molecule has 0 N–H and O–H groups in total. The maximum Gasteiger partial charge on any atom is 0.0547 e. The van der Waals surface area contributed by atoms with Gasteiger partial charge in [0.15, 0.2) is 0 Å². The van der Waals surface area contributed by atoms with Crippen molar-refractivity contribution in [3.8, 4) is 44.8 Å². The van der Waals surface area contributed by atoms with Gasteiger partial charge in [-0.2, -0.15) is 0 Å². The third-order valence-electron chi connectivity index (χ3n) is 10.9. The van der Waals surface area contributed by atoms with Crippen molar-refractivity contribution in [1.29, 1.82) is 0 Å². The van der Waals surface area contributed by atoms with Gasteiger partial charge in [-0.05, 0) is 106 Å². The Hall–Kier alpha value is -6.64. The summed E-state index contributed by atoms with van der Waals surface area (Å²) in [6, 6.07) is 66.9. The standard InChI is InChI=1S/C49H32N2/c1-2-15-37(16-3-1)50-45-22-8-6-19-41(45)43-26-24-33(31-48(43)50)32-25-27-47-44(30-32)42-20-7-9-23-46(42)51(47)38-17-10-13-35(29-38)40-21-11-14-36-28-34-12-4-5-18-39(34)49(36)40/h1-27,29-31H,28H2. The van der Waals surface area contributed by atoms with Crippen molar-refractivity contribution in [1.82, 2.24) is 9.13 Å². The molecule has 0 fully saturated rings. The maximum atomic E-state index is 2.44. The highest BCUT2D eigenvalue weighted by Gasteiger charge is 2.22. The minimum Gasteiger partial charge on any atom is -0.309 e. The Labute approximate surface area is 296 Å². The summed E-state index contributed by atoms with van der Waals surface area (Å²) in [4.78, 5) is 0. The van der Waals surface area contributed by atoms with Crippen LogP contribution >= 0.6 is 0 Å². The first-order valence-corrected chi connectivity index (χ1v) is 17.7. The number of para-hydroxylation sites is 3. The largest absolute Gasteiger partial charge is 0.309 e. The number of hydrogen-bond donors (Lipinski definition) is 0. The zero-order valence-electron chi connectivity index (χ0n) is 27.9. The second-order valence-electron chi connectivity index (χ2n) is 13.7. The van der Waals surface area contributed by atoms with Crippen LogP contribution in [0.3, 0.4) is 0 Å². The lowest BCUT2D eigenvalue weighted by molar-refractivity contribution is 1.18. The molecule has 2 heteroatoms. The number of hydrogen-bond acceptors (Lipinski definition) is 0. The van der Waals surface area contributed by atoms with Crippen LogP contribution in [0.2, 0.25) is 0 Å². The maximum absolute atomic E-state index is 2.44. The van der Waals surface area contributed by atoms with Crippen molar-refractivity contribution in [3.63, 3.8) is 0 Å². The summed E-state index contributed by atoms with van der Waals surface area (Å²) in [5.41, 5.74) is 17.7. The molecule has 1 aliphatic carbocycles. The van der Waals surface area contributed by atoms with Gasteiger partial charge in [0.1, 0.15) is 0 Å². The average molecular weight is 649 g/mol. The molecule has 0 saturated heterocycles. The quantitative estimate of drug-likeness (QED) is 0.180. The molecular weight excluding hydrogens is 617 g/mol. The minimum atomic E-state index is 0.996. The molecule has 0 aliphatic heterocycles. The fourth-order valence-corrected chi connectivity index (χ4v) is 8.68. The summed E-state index contributed by atoms with van der Waals surface area (Å²) in [6.45, 7) is 0. The summed E-state index contributed by atoms with van der Waals surface area (Å²) in [5, 5.41) is 5.05. The zero-order valence-corrected chi connectivity index (χ0v) is 27.9. The monoisotopic (exact) mass is 648 g/mol. The molecule has 2 nitrogen and oxygen atoms in total. The van der Waals surface area contributed by atoms with Gasteiger partial charge >= 0.3 is 0 Å². The van der Waals surface area contributed by atoms with Crippen molar-refractivity contribution < 1.29 is 0 Å². The lowest BCUT2D eigenvalue weighted by Gasteiger charge is -2.13. The Morgan fingerprint density at radius 3 is 1.76 bits per heavy atom. The molecule has 0 spiro atoms. The molecule has 11 rings (SSSR count). The van der Waals surface area contributed by atoms with Crippen molar-refractivity contribution in [2.45, 2.75) is 6.42 Å². The highest BCUT2D eigenvalue weighted by Crippen LogP contribution is 2.44. The van der Waals surface area contributed by atoms with Crippen molar-refractivity contribution in [2.75, 3.05) is 0 Å². The van der Waals surface area contributed by atoms with Crippen LogP contribution in [0, 0.1) is 0 Å². The summed E-state index contributed by atoms with van der Waals surface area (Å²) < 4.78 is 4.83. The fourth-order valence-electron chi connectivity index (χ4n) is 8.68. The predicted octanol–water partition coefficient (Wildman–Crippen LogP) is 12.8. The third kappa shape index (κ3) is 4.23. The molecule has 0 saturated carbocycles. The average Bonchev–Trinajstić information content (AvgIpc) is 3.85. The first kappa shape index (κ1) is 28.2. The molecule has 51 heavy (non-hydrogen) atoms. The summed E-state index contributed by atoms with van der Waals surface area (Å²) in [6.07, 6.45) is 0.996. The van der Waals surface area contributed by atoms with Crippen LogP contribution in [-0.2, 0) is 6.42 Å². The van der Waals surface area contributed by atoms with Crippen LogP contribution < -0.4 is 0 Å². The van der Waals surface area contributed by atoms with Gasteiger partial charge in [0, 0.05) is 32.9 Å². The van der Waals surface area contributed by atoms with Crippen LogP contribution in [0.5, 0.6) is 0 Å². The van der Waals surface area contributed by atoms with Gasteiger partial charge in [0.2, 0.25) is 0 Å². The predicted molar refractivity (Wildman–Crippen MR) is 214 cm³/mol. The molecule has 0 radical (unpaired) electrons. The van der Waals surface area contributed by atoms with Crippen LogP contribution in [-0.4, -0.2) is 9.13 Å². The molecule has 0 atom stereocenters. The lowest BCUT2D eigenvalue weighted by atomic mass is 9.94. The van der Waals surface area contributed by atoms with E-state index >= 15 is 0 Å². The van der Waals surface area contributed by atoms with E-state index in [1.54, 1.807) is 0 Å². The molecule has 8 aromatic carbocycles. The molecule has 0 unspecified atom stereocenters. The van der Waals surface area contributed by atoms with E-state index in [0.717, 1.165) is 6.42 Å². The molecule has 238 valence electrons. The second-order valence-corrected chi connectivity index (χ2v) is 13.7. The van der Waals surface area contributed by atoms with Gasteiger partial charge in [0.05, 0.1) is 22.1 Å². The van der Waals surface area contributed by atoms with Crippen LogP contribution in [0.25, 0.3) is 88.4 Å². The summed E-state index contributed by atoms with van der Waals surface area (Å²) >= 11 is 0. The Morgan fingerprint density at radius 2 is 0.902 bits per heavy atom. The molecule has 0 amide bonds. The zero-order chi connectivity index (χ0) is 33.5. The summed E-state index contributed by atoms with van der Waals surface area (Å²) in [5.74, 6) is 0. The van der Waals surface area contributed by atoms with E-state index in [0.29, 0.717) is 0 Å². The summed E-state index contributed by atoms with van der Waals surface area (Å²) in [7, 11) is 0. The first-order valence-electron chi connectivity index (χ1n) is 17.7. The smallest absolute Gasteiger partial charge is 0.0547 e. The Kier molecular flexibility index (Phi) is 6.05. The number of rotatable bonds is 4. The minimum absolute atomic E-state index is 0.996. The SMILES string of the molecule is c1ccc(-n2c3ccccc3c3ccc(-c4ccc5c(c4)c4ccccc4n5-c4cccc(-c5cccc6c5-c5ccccc5C6)c4)cc32)cc1. The topological polar surface area (TPSA) is 9.86 Å². The van der Waals surface area contributed by atoms with E-state index in [4.69, 9.17) is 0 Å². The number of fused-ring (bicyclic) bond motifs is 9. The third-order valence-corrected chi connectivity index (χ3v) is 10.9. The van der Waals surface area contributed by atoms with E-state index in [1.165, 1.54) is 99.5 Å². The van der Waals surface area contributed by atoms with Crippen LogP contribution in [0.15, 0.2) is 182 Å². The Morgan fingerprint density at radius 1 is 0.314 bits per heavy atom. The van der Waals surface area contributed by atoms with Gasteiger partial charge in [-0.15, -0.1) is 0 Å². The van der Waals surface area contributed by atoms with Crippen molar-refractivity contribution in [3.05, 3.63) is 193 Å².